The summed E-state index contributed by atoms with van der Waals surface area (Å²) in [6.45, 7) is 0.655. The van der Waals surface area contributed by atoms with Crippen molar-refractivity contribution in [1.29, 1.82) is 0 Å². The van der Waals surface area contributed by atoms with Gasteiger partial charge in [0, 0.05) is 31.9 Å². The highest BCUT2D eigenvalue weighted by Gasteiger charge is 2.32. The summed E-state index contributed by atoms with van der Waals surface area (Å²) in [6.07, 6.45) is -4.79. The smallest absolute Gasteiger partial charge is 0.416 e. The molecule has 1 aliphatic heterocycles. The van der Waals surface area contributed by atoms with Gasteiger partial charge in [-0.2, -0.15) is 17.5 Å². The van der Waals surface area contributed by atoms with E-state index >= 15 is 0 Å². The number of carboxylic acid groups (broad SMARTS) is 1. The van der Waals surface area contributed by atoms with Crippen LogP contribution >= 0.6 is 0 Å². The second-order valence-electron chi connectivity index (χ2n) is 7.77. The minimum absolute atomic E-state index is 0.0121. The maximum absolute atomic E-state index is 13.3. The molecule has 0 unspecified atom stereocenters. The molecule has 0 radical (unpaired) electrons. The highest BCUT2D eigenvalue weighted by atomic mass is 32.2. The van der Waals surface area contributed by atoms with Crippen LogP contribution in [0.15, 0.2) is 47.4 Å². The average Bonchev–Trinajstić information content (AvgIpc) is 2.78. The predicted molar refractivity (Wildman–Crippen MR) is 117 cm³/mol. The third-order valence-electron chi connectivity index (χ3n) is 5.32. The second-order valence-corrected chi connectivity index (χ2v) is 9.71. The number of aliphatic hydroxyl groups excluding tert-OH is 1. The van der Waals surface area contributed by atoms with Gasteiger partial charge in [-0.25, -0.2) is 8.42 Å². The van der Waals surface area contributed by atoms with E-state index in [1.807, 2.05) is 0 Å². The van der Waals surface area contributed by atoms with Crippen LogP contribution in [0.5, 0.6) is 0 Å². The Balaban J connectivity index is 1.75. The second kappa shape index (κ2) is 10.7. The van der Waals surface area contributed by atoms with Crippen LogP contribution in [0.4, 0.5) is 18.9 Å². The molecule has 8 nitrogen and oxygen atoms in total. The lowest BCUT2D eigenvalue weighted by atomic mass is 10.1. The van der Waals surface area contributed by atoms with Crippen LogP contribution in [0.25, 0.3) is 0 Å². The molecule has 2 aromatic rings. The van der Waals surface area contributed by atoms with E-state index < -0.39 is 27.7 Å². The molecule has 1 saturated heterocycles. The lowest BCUT2D eigenvalue weighted by Crippen LogP contribution is -2.48. The standard InChI is InChI=1S/C22H25F3N2O6S/c23-22(24,25)18-1-3-19(4-2-18)26-5-7-27(8-6-26)34(31,32)20-12-16(14-21(29)30)11-17(13-20)15-33-10-9-28/h1-4,11-13,28H,5-10,14-15H2,(H,29,30). The van der Waals surface area contributed by atoms with Crippen molar-refractivity contribution in [1.82, 2.24) is 4.31 Å². The van der Waals surface area contributed by atoms with Gasteiger partial charge in [-0.1, -0.05) is 6.07 Å². The zero-order chi connectivity index (χ0) is 24.9. The zero-order valence-electron chi connectivity index (χ0n) is 18.2. The number of benzene rings is 2. The van der Waals surface area contributed by atoms with Gasteiger partial charge in [0.1, 0.15) is 0 Å². The molecule has 2 N–H and O–H groups in total. The van der Waals surface area contributed by atoms with E-state index in [9.17, 15) is 26.4 Å². The molecule has 0 aliphatic carbocycles. The summed E-state index contributed by atoms with van der Waals surface area (Å²) in [4.78, 5) is 12.9. The Labute approximate surface area is 195 Å². The number of carbonyl (C=O) groups is 1. The predicted octanol–water partition coefficient (Wildman–Crippen LogP) is 2.35. The van der Waals surface area contributed by atoms with Crippen LogP contribution in [0.3, 0.4) is 0 Å². The Morgan fingerprint density at radius 1 is 1.00 bits per heavy atom. The van der Waals surface area contributed by atoms with Crippen LogP contribution < -0.4 is 4.90 Å². The van der Waals surface area contributed by atoms with Crippen molar-refractivity contribution in [2.45, 2.75) is 24.1 Å². The first-order valence-electron chi connectivity index (χ1n) is 10.5. The molecule has 0 bridgehead atoms. The Bertz CT molecular complexity index is 1100. The fourth-order valence-corrected chi connectivity index (χ4v) is 5.23. The number of hydrogen-bond donors (Lipinski definition) is 2. The van der Waals surface area contributed by atoms with Gasteiger partial charge in [0.15, 0.2) is 0 Å². The first-order valence-corrected chi connectivity index (χ1v) is 11.9. The molecular weight excluding hydrogens is 477 g/mol. The number of aliphatic carboxylic acids is 1. The lowest BCUT2D eigenvalue weighted by molar-refractivity contribution is -0.138. The molecule has 1 aliphatic rings. The van der Waals surface area contributed by atoms with Crippen LogP contribution in [0.1, 0.15) is 16.7 Å². The fourth-order valence-electron chi connectivity index (χ4n) is 3.69. The number of nitrogens with zero attached hydrogens (tertiary/aromatic N) is 2. The van der Waals surface area contributed by atoms with Gasteiger partial charge in [-0.3, -0.25) is 4.79 Å². The van der Waals surface area contributed by atoms with E-state index in [-0.39, 0.29) is 57.3 Å². The number of carboxylic acids is 1. The van der Waals surface area contributed by atoms with Gasteiger partial charge >= 0.3 is 12.1 Å². The maximum Gasteiger partial charge on any atom is 0.416 e. The molecule has 1 fully saturated rings. The summed E-state index contributed by atoms with van der Waals surface area (Å²) in [5, 5.41) is 18.0. The molecule has 0 spiro atoms. The first-order chi connectivity index (χ1) is 16.0. The monoisotopic (exact) mass is 502 g/mol. The van der Waals surface area contributed by atoms with Crippen molar-refractivity contribution in [3.63, 3.8) is 0 Å². The van der Waals surface area contributed by atoms with Crippen molar-refractivity contribution in [3.8, 4) is 0 Å². The van der Waals surface area contributed by atoms with Crippen LogP contribution in [-0.2, 0) is 38.8 Å². The molecule has 0 amide bonds. The third kappa shape index (κ3) is 6.47. The van der Waals surface area contributed by atoms with Gasteiger partial charge < -0.3 is 19.8 Å². The van der Waals surface area contributed by atoms with Crippen molar-refractivity contribution in [2.24, 2.45) is 0 Å². The van der Waals surface area contributed by atoms with E-state index in [4.69, 9.17) is 14.9 Å². The quantitative estimate of drug-likeness (QED) is 0.507. The number of sulfonamides is 1. The Kier molecular flexibility index (Phi) is 8.18. The zero-order valence-corrected chi connectivity index (χ0v) is 19.0. The van der Waals surface area contributed by atoms with Crippen LogP contribution in [0, 0.1) is 0 Å². The molecular formula is C22H25F3N2O6S. The van der Waals surface area contributed by atoms with Gasteiger partial charge in [0.05, 0.1) is 36.7 Å². The number of alkyl halides is 3. The largest absolute Gasteiger partial charge is 0.481 e. The Morgan fingerprint density at radius 3 is 2.18 bits per heavy atom. The molecule has 2 aromatic carbocycles. The summed E-state index contributed by atoms with van der Waals surface area (Å²) in [6, 6.07) is 9.00. The number of hydrogen-bond acceptors (Lipinski definition) is 6. The molecule has 0 atom stereocenters. The Morgan fingerprint density at radius 2 is 1.62 bits per heavy atom. The van der Waals surface area contributed by atoms with Gasteiger partial charge in [0.25, 0.3) is 0 Å². The lowest BCUT2D eigenvalue weighted by Gasteiger charge is -2.35. The first kappa shape index (κ1) is 25.9. The Hall–Kier alpha value is -2.67. The highest BCUT2D eigenvalue weighted by Crippen LogP contribution is 2.31. The minimum atomic E-state index is -4.43. The van der Waals surface area contributed by atoms with Crippen LogP contribution in [-0.4, -0.2) is 68.3 Å². The number of piperazine rings is 1. The minimum Gasteiger partial charge on any atom is -0.481 e. The van der Waals surface area contributed by atoms with E-state index in [2.05, 4.69) is 0 Å². The summed E-state index contributed by atoms with van der Waals surface area (Å²) in [5.74, 6) is -1.11. The molecule has 3 rings (SSSR count). The molecule has 186 valence electrons. The van der Waals surface area contributed by atoms with E-state index in [0.717, 1.165) is 12.1 Å². The molecule has 34 heavy (non-hydrogen) atoms. The third-order valence-corrected chi connectivity index (χ3v) is 7.20. The van der Waals surface area contributed by atoms with Crippen molar-refractivity contribution >= 4 is 21.7 Å². The van der Waals surface area contributed by atoms with Crippen molar-refractivity contribution in [3.05, 3.63) is 59.2 Å². The topological polar surface area (TPSA) is 107 Å². The number of aliphatic hydroxyl groups is 1. The summed E-state index contributed by atoms with van der Waals surface area (Å²) in [7, 11) is -3.95. The SMILES string of the molecule is O=C(O)Cc1cc(COCCO)cc(S(=O)(=O)N2CCN(c3ccc(C(F)(F)F)cc3)CC2)c1. The van der Waals surface area contributed by atoms with E-state index in [1.54, 1.807) is 11.0 Å². The highest BCUT2D eigenvalue weighted by molar-refractivity contribution is 7.89. The van der Waals surface area contributed by atoms with E-state index in [1.165, 1.54) is 28.6 Å². The fraction of sp³-hybridized carbons (Fsp3) is 0.409. The number of ether oxygens (including phenoxy) is 1. The van der Waals surface area contributed by atoms with Crippen molar-refractivity contribution in [2.75, 3.05) is 44.3 Å². The summed E-state index contributed by atoms with van der Waals surface area (Å²) >= 11 is 0. The van der Waals surface area contributed by atoms with Crippen molar-refractivity contribution < 1.29 is 41.3 Å². The number of anilines is 1. The van der Waals surface area contributed by atoms with Crippen LogP contribution in [0.2, 0.25) is 0 Å². The normalized spacial score (nSPS) is 15.5. The van der Waals surface area contributed by atoms with Gasteiger partial charge in [-0.15, -0.1) is 0 Å². The summed E-state index contributed by atoms with van der Waals surface area (Å²) < 4.78 is 71.4. The molecule has 0 saturated carbocycles. The van der Waals surface area contributed by atoms with E-state index in [0.29, 0.717) is 16.8 Å². The molecule has 1 heterocycles. The molecule has 12 heteroatoms. The maximum atomic E-state index is 13.3. The van der Waals surface area contributed by atoms with Gasteiger partial charge in [-0.05, 0) is 47.5 Å². The van der Waals surface area contributed by atoms with Gasteiger partial charge in [0.2, 0.25) is 10.0 Å². The number of halogens is 3. The summed E-state index contributed by atoms with van der Waals surface area (Å²) in [5.41, 5.74) is 0.586. The molecule has 0 aromatic heterocycles. The number of rotatable bonds is 9. The average molecular weight is 503 g/mol.